The minimum atomic E-state index is -1.72. The van der Waals surface area contributed by atoms with E-state index in [2.05, 4.69) is 5.18 Å². The average Bonchev–Trinajstić information content (AvgIpc) is 2.36. The van der Waals surface area contributed by atoms with Gasteiger partial charge in [0.2, 0.25) is 9.83 Å². The van der Waals surface area contributed by atoms with Crippen molar-refractivity contribution in [1.82, 2.24) is 4.90 Å². The summed E-state index contributed by atoms with van der Waals surface area (Å²) >= 11 is 17.9. The summed E-state index contributed by atoms with van der Waals surface area (Å²) in [5.74, 6) is -0.771. The lowest BCUT2D eigenvalue weighted by Crippen LogP contribution is -2.64. The minimum absolute atomic E-state index is 0.105. The number of ether oxygens (including phenoxy) is 1. The maximum Gasteiger partial charge on any atom is 0.355 e. The Hall–Kier alpha value is -0.500. The number of rotatable bonds is 3. The first-order chi connectivity index (χ1) is 9.26. The van der Waals surface area contributed by atoms with Gasteiger partial charge in [-0.15, -0.1) is 16.7 Å². The van der Waals surface area contributed by atoms with Crippen LogP contribution in [0.1, 0.15) is 6.92 Å². The first kappa shape index (κ1) is 15.9. The largest absolute Gasteiger partial charge is 0.456 e. The molecule has 2 rings (SSSR count). The van der Waals surface area contributed by atoms with Gasteiger partial charge in [0, 0.05) is 5.75 Å². The van der Waals surface area contributed by atoms with Gasteiger partial charge in [-0.1, -0.05) is 40.0 Å². The van der Waals surface area contributed by atoms with Gasteiger partial charge in [0.15, 0.2) is 0 Å². The van der Waals surface area contributed by atoms with E-state index in [4.69, 9.17) is 39.5 Å². The molecule has 6 nitrogen and oxygen atoms in total. The minimum Gasteiger partial charge on any atom is -0.456 e. The Kier molecular flexibility index (Phi) is 4.53. The van der Waals surface area contributed by atoms with Crippen LogP contribution in [-0.2, 0) is 14.3 Å². The molecule has 0 bridgehead atoms. The van der Waals surface area contributed by atoms with Crippen molar-refractivity contribution >= 4 is 58.4 Å². The second-order valence-electron chi connectivity index (χ2n) is 4.28. The van der Waals surface area contributed by atoms with E-state index in [9.17, 15) is 14.5 Å². The van der Waals surface area contributed by atoms with E-state index >= 15 is 0 Å². The van der Waals surface area contributed by atoms with Crippen LogP contribution in [0.25, 0.3) is 0 Å². The highest BCUT2D eigenvalue weighted by Crippen LogP contribution is 2.41. The Bertz CT molecular complexity index is 505. The number of halogens is 3. The zero-order valence-electron chi connectivity index (χ0n) is 10.1. The maximum atomic E-state index is 12.0. The topological polar surface area (TPSA) is 76.0 Å². The van der Waals surface area contributed by atoms with Gasteiger partial charge in [-0.05, 0) is 12.5 Å². The van der Waals surface area contributed by atoms with Crippen LogP contribution in [0.15, 0.2) is 16.4 Å². The summed E-state index contributed by atoms with van der Waals surface area (Å²) in [6.45, 7) is 1.27. The Labute approximate surface area is 133 Å². The number of β-lactam (4-membered cyclic amide) rings is 1. The summed E-state index contributed by atoms with van der Waals surface area (Å²) in [7, 11) is 0. The highest BCUT2D eigenvalue weighted by Gasteiger charge is 2.54. The van der Waals surface area contributed by atoms with E-state index in [-0.39, 0.29) is 5.70 Å². The Balaban J connectivity index is 2.15. The van der Waals surface area contributed by atoms with E-state index in [1.807, 2.05) is 0 Å². The fraction of sp³-hybridized carbons (Fsp3) is 0.600. The van der Waals surface area contributed by atoms with Crippen LogP contribution in [0.4, 0.5) is 0 Å². The average molecular weight is 360 g/mol. The van der Waals surface area contributed by atoms with Crippen LogP contribution in [0.3, 0.4) is 0 Å². The van der Waals surface area contributed by atoms with Gasteiger partial charge in [0.05, 0.1) is 0 Å². The fourth-order valence-corrected chi connectivity index (χ4v) is 3.35. The van der Waals surface area contributed by atoms with Crippen LogP contribution in [0.2, 0.25) is 0 Å². The normalized spacial score (nSPS) is 26.0. The smallest absolute Gasteiger partial charge is 0.355 e. The highest BCUT2D eigenvalue weighted by atomic mass is 35.6. The molecule has 0 aromatic heterocycles. The van der Waals surface area contributed by atoms with Gasteiger partial charge in [-0.3, -0.25) is 9.69 Å². The second kappa shape index (κ2) is 5.71. The number of amides is 1. The number of carbonyl (C=O) groups excluding carboxylic acids is 2. The number of alkyl halides is 3. The molecule has 1 fully saturated rings. The van der Waals surface area contributed by atoms with Gasteiger partial charge >= 0.3 is 5.97 Å². The quantitative estimate of drug-likeness (QED) is 0.334. The lowest BCUT2D eigenvalue weighted by atomic mass is 10.0. The molecule has 1 unspecified atom stereocenters. The number of hydrogen-bond acceptors (Lipinski definition) is 6. The van der Waals surface area contributed by atoms with Crippen molar-refractivity contribution in [2.75, 3.05) is 12.4 Å². The lowest BCUT2D eigenvalue weighted by Gasteiger charge is -2.46. The zero-order valence-corrected chi connectivity index (χ0v) is 13.2. The summed E-state index contributed by atoms with van der Waals surface area (Å²) in [5.41, 5.74) is 0.770. The predicted octanol–water partition coefficient (Wildman–Crippen LogP) is 2.22. The molecule has 0 radical (unpaired) electrons. The van der Waals surface area contributed by atoms with Gasteiger partial charge < -0.3 is 4.74 Å². The molecule has 2 atom stereocenters. The van der Waals surface area contributed by atoms with Crippen molar-refractivity contribution < 1.29 is 14.3 Å². The number of hydrogen-bond donors (Lipinski definition) is 0. The van der Waals surface area contributed by atoms with E-state index < -0.39 is 33.7 Å². The van der Waals surface area contributed by atoms with Crippen LogP contribution in [0.5, 0.6) is 0 Å². The van der Waals surface area contributed by atoms with Crippen molar-refractivity contribution in [3.63, 3.8) is 0 Å². The Morgan fingerprint density at radius 1 is 1.55 bits per heavy atom. The molecule has 2 heterocycles. The van der Waals surface area contributed by atoms with Gasteiger partial charge in [-0.25, -0.2) is 4.79 Å². The van der Waals surface area contributed by atoms with Crippen LogP contribution < -0.4 is 0 Å². The molecule has 0 aliphatic carbocycles. The van der Waals surface area contributed by atoms with E-state index in [1.54, 1.807) is 6.92 Å². The predicted molar refractivity (Wildman–Crippen MR) is 76.6 cm³/mol. The SMILES string of the molecule is CC1=C(C(=O)OCC(Cl)(Cl)Cl)N2C(=O)C(N=O)[C@@H]2SC1. The summed E-state index contributed by atoms with van der Waals surface area (Å²) in [6.07, 6.45) is 0. The molecule has 0 aromatic carbocycles. The fourth-order valence-electron chi connectivity index (χ4n) is 1.92. The number of carbonyl (C=O) groups is 2. The molecule has 20 heavy (non-hydrogen) atoms. The molecule has 0 saturated carbocycles. The van der Waals surface area contributed by atoms with Crippen LogP contribution in [0, 0.1) is 4.91 Å². The van der Waals surface area contributed by atoms with Crippen molar-refractivity contribution in [3.8, 4) is 0 Å². The second-order valence-corrected chi connectivity index (χ2v) is 7.90. The first-order valence-electron chi connectivity index (χ1n) is 5.47. The molecule has 2 aliphatic heterocycles. The van der Waals surface area contributed by atoms with Gasteiger partial charge in [0.25, 0.3) is 5.91 Å². The zero-order chi connectivity index (χ0) is 15.1. The van der Waals surface area contributed by atoms with Crippen molar-refractivity contribution in [2.45, 2.75) is 22.1 Å². The van der Waals surface area contributed by atoms with Crippen LogP contribution >= 0.6 is 46.6 Å². The maximum absolute atomic E-state index is 12.0. The molecule has 110 valence electrons. The summed E-state index contributed by atoms with van der Waals surface area (Å²) in [6, 6.07) is -0.955. The third-order valence-corrected chi connectivity index (χ3v) is 4.54. The van der Waals surface area contributed by atoms with Crippen LogP contribution in [-0.4, -0.2) is 44.3 Å². The Morgan fingerprint density at radius 3 is 2.75 bits per heavy atom. The molecule has 2 aliphatic rings. The van der Waals surface area contributed by atoms with Crippen molar-refractivity contribution in [1.29, 1.82) is 0 Å². The molecule has 0 N–H and O–H groups in total. The van der Waals surface area contributed by atoms with E-state index in [0.717, 1.165) is 0 Å². The Morgan fingerprint density at radius 2 is 2.20 bits per heavy atom. The summed E-state index contributed by atoms with van der Waals surface area (Å²) in [5, 5.41) is 2.30. The van der Waals surface area contributed by atoms with Gasteiger partial charge in [-0.2, -0.15) is 0 Å². The molecule has 1 saturated heterocycles. The summed E-state index contributed by atoms with van der Waals surface area (Å²) in [4.78, 5) is 35.6. The molecular formula is C10H9Cl3N2O4S. The monoisotopic (exact) mass is 358 g/mol. The van der Waals surface area contributed by atoms with E-state index in [1.165, 1.54) is 16.7 Å². The molecular weight excluding hydrogens is 351 g/mol. The number of nitroso groups, excluding NO2 is 1. The van der Waals surface area contributed by atoms with Crippen molar-refractivity contribution in [2.24, 2.45) is 5.18 Å². The number of thioether (sulfide) groups is 1. The number of esters is 1. The molecule has 0 aromatic rings. The third-order valence-electron chi connectivity index (χ3n) is 2.80. The molecule has 1 amide bonds. The molecule has 0 spiro atoms. The molecule has 10 heteroatoms. The highest BCUT2D eigenvalue weighted by molar-refractivity contribution is 8.00. The standard InChI is InChI=1S/C10H9Cl3N2O4S/c1-4-2-20-8-5(14-18)7(16)15(8)6(4)9(17)19-3-10(11,12)13/h5,8H,2-3H2,1H3/t5?,8-/m0/s1. The number of nitrogens with zero attached hydrogens (tertiary/aromatic N) is 2. The summed E-state index contributed by atoms with van der Waals surface area (Å²) < 4.78 is 3.16. The van der Waals surface area contributed by atoms with Crippen molar-refractivity contribution in [3.05, 3.63) is 16.2 Å². The first-order valence-corrected chi connectivity index (χ1v) is 7.65. The van der Waals surface area contributed by atoms with Gasteiger partial charge in [0.1, 0.15) is 17.7 Å². The van der Waals surface area contributed by atoms with E-state index in [0.29, 0.717) is 11.3 Å². The third kappa shape index (κ3) is 2.90. The number of fused-ring (bicyclic) bond motifs is 1. The lowest BCUT2D eigenvalue weighted by molar-refractivity contribution is -0.150.